The van der Waals surface area contributed by atoms with Crippen molar-refractivity contribution in [1.29, 1.82) is 0 Å². The van der Waals surface area contributed by atoms with Crippen LogP contribution in [0.25, 0.3) is 0 Å². The summed E-state index contributed by atoms with van der Waals surface area (Å²) < 4.78 is 17.0. The molecule has 1 N–H and O–H groups in total. The molecule has 0 saturated heterocycles. The second kappa shape index (κ2) is 8.29. The fourth-order valence-corrected chi connectivity index (χ4v) is 2.90. The maximum absolute atomic E-state index is 11.8. The molecule has 2 atom stereocenters. The van der Waals surface area contributed by atoms with Crippen LogP contribution in [-0.4, -0.2) is 17.2 Å². The van der Waals surface area contributed by atoms with E-state index in [0.717, 1.165) is 18.8 Å². The van der Waals surface area contributed by atoms with Gasteiger partial charge in [0, 0.05) is 0 Å². The van der Waals surface area contributed by atoms with Crippen LogP contribution in [0.4, 0.5) is 0 Å². The molecule has 0 aliphatic carbocycles. The summed E-state index contributed by atoms with van der Waals surface area (Å²) in [5, 5.41) is 0. The van der Waals surface area contributed by atoms with Crippen LogP contribution in [0.15, 0.2) is 0 Å². The molecule has 17 heavy (non-hydrogen) atoms. The van der Waals surface area contributed by atoms with Crippen molar-refractivity contribution in [3.05, 3.63) is 0 Å². The van der Waals surface area contributed by atoms with E-state index < -0.39 is 7.60 Å². The van der Waals surface area contributed by atoms with Crippen molar-refractivity contribution in [3.63, 3.8) is 0 Å². The highest BCUT2D eigenvalue weighted by molar-refractivity contribution is 7.53. The zero-order valence-electron chi connectivity index (χ0n) is 12.0. The summed E-state index contributed by atoms with van der Waals surface area (Å²) >= 11 is 0. The molecule has 0 heterocycles. The lowest BCUT2D eigenvalue weighted by molar-refractivity contribution is 0.239. The number of hydrogen-bond acceptors (Lipinski definition) is 2. The van der Waals surface area contributed by atoms with E-state index >= 15 is 0 Å². The highest BCUT2D eigenvalue weighted by Gasteiger charge is 2.30. The predicted octanol–water partition coefficient (Wildman–Crippen LogP) is 4.45. The van der Waals surface area contributed by atoms with Crippen molar-refractivity contribution in [2.24, 2.45) is 11.8 Å². The zero-order valence-corrected chi connectivity index (χ0v) is 12.9. The van der Waals surface area contributed by atoms with Gasteiger partial charge in [0.1, 0.15) is 0 Å². The van der Waals surface area contributed by atoms with Crippen molar-refractivity contribution >= 4 is 7.60 Å². The summed E-state index contributed by atoms with van der Waals surface area (Å²) in [6.07, 6.45) is 4.35. The van der Waals surface area contributed by atoms with Crippen LogP contribution >= 0.6 is 7.60 Å². The number of rotatable bonds is 9. The Hall–Kier alpha value is 0.150. The Bertz CT molecular complexity index is 239. The highest BCUT2D eigenvalue weighted by Crippen LogP contribution is 2.50. The maximum Gasteiger partial charge on any atom is 0.331 e. The van der Waals surface area contributed by atoms with E-state index in [1.54, 1.807) is 6.92 Å². The minimum atomic E-state index is -3.41. The van der Waals surface area contributed by atoms with Crippen LogP contribution in [-0.2, 0) is 9.09 Å². The molecule has 0 aliphatic rings. The van der Waals surface area contributed by atoms with Gasteiger partial charge in [0.25, 0.3) is 0 Å². The number of unbranched alkanes of at least 4 members (excludes halogenated alkanes) is 2. The topological polar surface area (TPSA) is 46.5 Å². The van der Waals surface area contributed by atoms with E-state index in [-0.39, 0.29) is 11.6 Å². The molecule has 2 unspecified atom stereocenters. The molecule has 0 aliphatic heterocycles. The van der Waals surface area contributed by atoms with Crippen molar-refractivity contribution in [2.75, 3.05) is 6.61 Å². The van der Waals surface area contributed by atoms with E-state index in [9.17, 15) is 9.46 Å². The van der Waals surface area contributed by atoms with E-state index in [4.69, 9.17) is 4.52 Å². The van der Waals surface area contributed by atoms with Crippen LogP contribution in [0.1, 0.15) is 60.3 Å². The molecule has 0 aromatic heterocycles. The Balaban J connectivity index is 3.70. The molecule has 0 rings (SSSR count). The average Bonchev–Trinajstić information content (AvgIpc) is 2.21. The number of hydrogen-bond donors (Lipinski definition) is 1. The minimum Gasteiger partial charge on any atom is -0.324 e. The van der Waals surface area contributed by atoms with Gasteiger partial charge in [-0.25, -0.2) is 0 Å². The van der Waals surface area contributed by atoms with E-state index in [1.165, 1.54) is 12.8 Å². The first-order chi connectivity index (χ1) is 7.77. The van der Waals surface area contributed by atoms with Crippen molar-refractivity contribution in [1.82, 2.24) is 0 Å². The molecule has 4 heteroatoms. The summed E-state index contributed by atoms with van der Waals surface area (Å²) in [4.78, 5) is 9.73. The fourth-order valence-electron chi connectivity index (χ4n) is 1.52. The van der Waals surface area contributed by atoms with E-state index in [1.807, 2.05) is 13.8 Å². The minimum absolute atomic E-state index is 0.173. The van der Waals surface area contributed by atoms with Gasteiger partial charge >= 0.3 is 7.60 Å². The molecule has 0 aromatic rings. The Morgan fingerprint density at radius 2 is 1.65 bits per heavy atom. The Kier molecular flexibility index (Phi) is 8.36. The van der Waals surface area contributed by atoms with Crippen LogP contribution in [0.3, 0.4) is 0 Å². The van der Waals surface area contributed by atoms with Crippen LogP contribution in [0.5, 0.6) is 0 Å². The summed E-state index contributed by atoms with van der Waals surface area (Å²) in [5.74, 6) is 0.910. The van der Waals surface area contributed by atoms with Gasteiger partial charge in [-0.1, -0.05) is 53.9 Å². The Morgan fingerprint density at radius 3 is 2.12 bits per heavy atom. The molecule has 0 bridgehead atoms. The molecule has 0 fully saturated rings. The SMILES string of the molecule is CC(C)CCCCCOP(=O)(O)C(C)C(C)C. The lowest BCUT2D eigenvalue weighted by Gasteiger charge is -2.21. The quantitative estimate of drug-likeness (QED) is 0.494. The summed E-state index contributed by atoms with van der Waals surface area (Å²) in [5.41, 5.74) is -0.279. The normalized spacial score (nSPS) is 17.4. The first kappa shape index (κ1) is 17.2. The van der Waals surface area contributed by atoms with Gasteiger partial charge in [-0.2, -0.15) is 0 Å². The molecule has 0 saturated carbocycles. The van der Waals surface area contributed by atoms with Gasteiger partial charge < -0.3 is 9.42 Å². The monoisotopic (exact) mass is 264 g/mol. The smallest absolute Gasteiger partial charge is 0.324 e. The predicted molar refractivity (Wildman–Crippen MR) is 73.4 cm³/mol. The molecular weight excluding hydrogens is 235 g/mol. The van der Waals surface area contributed by atoms with Gasteiger partial charge in [0.15, 0.2) is 0 Å². The van der Waals surface area contributed by atoms with Crippen molar-refractivity contribution in [3.8, 4) is 0 Å². The van der Waals surface area contributed by atoms with Crippen molar-refractivity contribution < 1.29 is 14.0 Å². The highest BCUT2D eigenvalue weighted by atomic mass is 31.2. The van der Waals surface area contributed by atoms with Crippen LogP contribution in [0.2, 0.25) is 0 Å². The summed E-state index contributed by atoms with van der Waals surface area (Å²) in [6.45, 7) is 10.5. The molecule has 104 valence electrons. The lowest BCUT2D eigenvalue weighted by atomic mass is 10.1. The third-order valence-corrected chi connectivity index (χ3v) is 5.36. The standard InChI is InChI=1S/C13H29O3P/c1-11(2)9-7-6-8-10-16-17(14,15)13(5)12(3)4/h11-13H,6-10H2,1-5H3,(H,14,15). The van der Waals surface area contributed by atoms with Crippen LogP contribution < -0.4 is 0 Å². The van der Waals surface area contributed by atoms with Gasteiger partial charge in [-0.05, 0) is 18.3 Å². The summed E-state index contributed by atoms with van der Waals surface area (Å²) in [6, 6.07) is 0. The maximum atomic E-state index is 11.8. The zero-order chi connectivity index (χ0) is 13.5. The molecule has 0 radical (unpaired) electrons. The largest absolute Gasteiger partial charge is 0.331 e. The molecule has 0 aromatic carbocycles. The molecule has 0 spiro atoms. The van der Waals surface area contributed by atoms with E-state index in [2.05, 4.69) is 13.8 Å². The van der Waals surface area contributed by atoms with Crippen LogP contribution in [0, 0.1) is 11.8 Å². The molecular formula is C13H29O3P. The van der Waals surface area contributed by atoms with Crippen molar-refractivity contribution in [2.45, 2.75) is 66.0 Å². The van der Waals surface area contributed by atoms with Gasteiger partial charge in [0.05, 0.1) is 12.3 Å². The second-order valence-electron chi connectivity index (χ2n) is 5.63. The Labute approximate surface area is 106 Å². The van der Waals surface area contributed by atoms with Gasteiger partial charge in [0.2, 0.25) is 0 Å². The second-order valence-corrected chi connectivity index (χ2v) is 7.83. The van der Waals surface area contributed by atoms with Gasteiger partial charge in [-0.15, -0.1) is 0 Å². The first-order valence-electron chi connectivity index (χ1n) is 6.74. The first-order valence-corrected chi connectivity index (χ1v) is 8.39. The lowest BCUT2D eigenvalue weighted by Crippen LogP contribution is -2.13. The summed E-state index contributed by atoms with van der Waals surface area (Å²) in [7, 11) is -3.41. The van der Waals surface area contributed by atoms with Gasteiger partial charge in [-0.3, -0.25) is 4.57 Å². The Morgan fingerprint density at radius 1 is 1.06 bits per heavy atom. The third-order valence-electron chi connectivity index (χ3n) is 3.18. The average molecular weight is 264 g/mol. The molecule has 0 amide bonds. The molecule has 3 nitrogen and oxygen atoms in total. The third kappa shape index (κ3) is 7.96. The fraction of sp³-hybridized carbons (Fsp3) is 1.00. The van der Waals surface area contributed by atoms with E-state index in [0.29, 0.717) is 6.61 Å².